The summed E-state index contributed by atoms with van der Waals surface area (Å²) in [7, 11) is 1.36. The second-order valence-corrected chi connectivity index (χ2v) is 4.38. The van der Waals surface area contributed by atoms with Crippen molar-refractivity contribution in [1.29, 1.82) is 0 Å². The highest BCUT2D eigenvalue weighted by atomic mass is 16.5. The molecule has 0 radical (unpaired) electrons. The van der Waals surface area contributed by atoms with Gasteiger partial charge in [0, 0.05) is 18.8 Å². The topological polar surface area (TPSA) is 93.6 Å². The molecule has 1 amide bonds. The number of anilines is 3. The van der Waals surface area contributed by atoms with E-state index in [2.05, 4.69) is 15.0 Å². The Balaban J connectivity index is 1.99. The molecule has 98 valence electrons. The number of amides is 1. The van der Waals surface area contributed by atoms with Gasteiger partial charge in [-0.3, -0.25) is 0 Å². The zero-order chi connectivity index (χ0) is 13.1. The first kappa shape index (κ1) is 12.3. The first-order valence-electron chi connectivity index (χ1n) is 5.84. The van der Waals surface area contributed by atoms with Crippen LogP contribution in [0.3, 0.4) is 0 Å². The normalized spacial score (nSPS) is 18.7. The SMILES string of the molecule is COC(=O)NC1CCN(c2ccc(N)c(N)c2)C1. The second-order valence-electron chi connectivity index (χ2n) is 4.38. The van der Waals surface area contributed by atoms with Gasteiger partial charge in [0.25, 0.3) is 0 Å². The van der Waals surface area contributed by atoms with E-state index in [1.165, 1.54) is 7.11 Å². The van der Waals surface area contributed by atoms with Gasteiger partial charge in [-0.1, -0.05) is 0 Å². The molecule has 1 atom stereocenters. The van der Waals surface area contributed by atoms with Gasteiger partial charge in [-0.2, -0.15) is 0 Å². The summed E-state index contributed by atoms with van der Waals surface area (Å²) in [5, 5.41) is 2.80. The van der Waals surface area contributed by atoms with E-state index in [1.807, 2.05) is 12.1 Å². The number of hydrogen-bond donors (Lipinski definition) is 3. The second kappa shape index (κ2) is 5.03. The van der Waals surface area contributed by atoms with Crippen molar-refractivity contribution < 1.29 is 9.53 Å². The molecule has 18 heavy (non-hydrogen) atoms. The van der Waals surface area contributed by atoms with Crippen LogP contribution in [0.1, 0.15) is 6.42 Å². The zero-order valence-corrected chi connectivity index (χ0v) is 10.3. The third kappa shape index (κ3) is 2.58. The minimum absolute atomic E-state index is 0.108. The summed E-state index contributed by atoms with van der Waals surface area (Å²) in [6.07, 6.45) is 0.498. The number of hydrogen-bond acceptors (Lipinski definition) is 5. The lowest BCUT2D eigenvalue weighted by Crippen LogP contribution is -2.36. The fourth-order valence-corrected chi connectivity index (χ4v) is 2.10. The molecule has 1 aliphatic rings. The van der Waals surface area contributed by atoms with Gasteiger partial charge in [-0.15, -0.1) is 0 Å². The van der Waals surface area contributed by atoms with E-state index >= 15 is 0 Å². The highest BCUT2D eigenvalue weighted by Crippen LogP contribution is 2.25. The maximum atomic E-state index is 11.1. The van der Waals surface area contributed by atoms with Crippen molar-refractivity contribution in [3.63, 3.8) is 0 Å². The van der Waals surface area contributed by atoms with E-state index in [0.717, 1.165) is 25.2 Å². The van der Waals surface area contributed by atoms with E-state index < -0.39 is 6.09 Å². The number of benzene rings is 1. The Labute approximate surface area is 106 Å². The molecule has 1 aromatic carbocycles. The molecule has 0 saturated carbocycles. The van der Waals surface area contributed by atoms with Crippen LogP contribution in [-0.4, -0.2) is 32.3 Å². The van der Waals surface area contributed by atoms with Crippen molar-refractivity contribution in [3.8, 4) is 0 Å². The first-order valence-corrected chi connectivity index (χ1v) is 5.84. The van der Waals surface area contributed by atoms with Crippen LogP contribution < -0.4 is 21.7 Å². The van der Waals surface area contributed by atoms with Gasteiger partial charge in [-0.25, -0.2) is 4.79 Å². The largest absolute Gasteiger partial charge is 0.453 e. The van der Waals surface area contributed by atoms with Crippen LogP contribution >= 0.6 is 0 Å². The molecule has 1 aromatic rings. The molecular formula is C12H18N4O2. The molecule has 5 N–H and O–H groups in total. The summed E-state index contributed by atoms with van der Waals surface area (Å²) in [4.78, 5) is 13.3. The molecule has 0 aliphatic carbocycles. The predicted octanol–water partition coefficient (Wildman–Crippen LogP) is 0.786. The summed E-state index contributed by atoms with van der Waals surface area (Å²) in [6, 6.07) is 5.70. The van der Waals surface area contributed by atoms with Crippen molar-refractivity contribution in [2.75, 3.05) is 36.6 Å². The molecule has 0 aromatic heterocycles. The molecule has 1 unspecified atom stereocenters. The van der Waals surface area contributed by atoms with Crippen molar-refractivity contribution in [3.05, 3.63) is 18.2 Å². The molecule has 2 rings (SSSR count). The van der Waals surface area contributed by atoms with E-state index in [9.17, 15) is 4.79 Å². The number of methoxy groups -OCH3 is 1. The predicted molar refractivity (Wildman–Crippen MR) is 71.4 cm³/mol. The standard InChI is InChI=1S/C12H18N4O2/c1-18-12(17)15-8-4-5-16(7-8)9-2-3-10(13)11(14)6-9/h2-3,6,8H,4-5,7,13-14H2,1H3,(H,15,17). The van der Waals surface area contributed by atoms with Gasteiger partial charge in [0.2, 0.25) is 0 Å². The number of carbonyl (C=O) groups excluding carboxylic acids is 1. The van der Waals surface area contributed by atoms with Crippen LogP contribution in [0.25, 0.3) is 0 Å². The van der Waals surface area contributed by atoms with E-state index in [0.29, 0.717) is 11.4 Å². The van der Waals surface area contributed by atoms with Crippen LogP contribution in [0.2, 0.25) is 0 Å². The third-order valence-corrected chi connectivity index (χ3v) is 3.13. The smallest absolute Gasteiger partial charge is 0.407 e. The molecule has 1 heterocycles. The molecule has 0 bridgehead atoms. The number of nitrogens with two attached hydrogens (primary N) is 2. The number of nitrogens with zero attached hydrogens (tertiary/aromatic N) is 1. The zero-order valence-electron chi connectivity index (χ0n) is 10.3. The molecule has 6 heteroatoms. The molecule has 1 aliphatic heterocycles. The maximum Gasteiger partial charge on any atom is 0.407 e. The number of carbonyl (C=O) groups is 1. The number of rotatable bonds is 2. The van der Waals surface area contributed by atoms with Crippen molar-refractivity contribution >= 4 is 23.2 Å². The quantitative estimate of drug-likeness (QED) is 0.675. The summed E-state index contributed by atoms with van der Waals surface area (Å²) in [5.41, 5.74) is 13.7. The van der Waals surface area contributed by atoms with Gasteiger partial charge in [0.05, 0.1) is 24.5 Å². The summed E-state index contributed by atoms with van der Waals surface area (Å²) in [6.45, 7) is 1.62. The summed E-state index contributed by atoms with van der Waals surface area (Å²) < 4.78 is 4.58. The number of alkyl carbamates (subject to hydrolysis) is 1. The van der Waals surface area contributed by atoms with Crippen LogP contribution in [0.15, 0.2) is 18.2 Å². The van der Waals surface area contributed by atoms with Gasteiger partial charge in [0.15, 0.2) is 0 Å². The van der Waals surface area contributed by atoms with Gasteiger partial charge < -0.3 is 26.4 Å². The van der Waals surface area contributed by atoms with E-state index in [4.69, 9.17) is 11.5 Å². The first-order chi connectivity index (χ1) is 8.60. The fraction of sp³-hybridized carbons (Fsp3) is 0.417. The molecule has 0 spiro atoms. The van der Waals surface area contributed by atoms with Gasteiger partial charge in [0.1, 0.15) is 0 Å². The van der Waals surface area contributed by atoms with Crippen molar-refractivity contribution in [1.82, 2.24) is 5.32 Å². The van der Waals surface area contributed by atoms with Crippen molar-refractivity contribution in [2.24, 2.45) is 0 Å². The lowest BCUT2D eigenvalue weighted by Gasteiger charge is -2.19. The van der Waals surface area contributed by atoms with E-state index in [1.54, 1.807) is 6.07 Å². The number of nitrogens with one attached hydrogen (secondary N) is 1. The fourth-order valence-electron chi connectivity index (χ4n) is 2.10. The number of nitrogen functional groups attached to an aromatic ring is 2. The third-order valence-electron chi connectivity index (χ3n) is 3.13. The lowest BCUT2D eigenvalue weighted by atomic mass is 10.2. The molecule has 1 fully saturated rings. The Morgan fingerprint density at radius 3 is 2.89 bits per heavy atom. The Bertz CT molecular complexity index is 450. The maximum absolute atomic E-state index is 11.1. The Morgan fingerprint density at radius 2 is 2.22 bits per heavy atom. The van der Waals surface area contributed by atoms with Crippen molar-refractivity contribution in [2.45, 2.75) is 12.5 Å². The minimum Gasteiger partial charge on any atom is -0.453 e. The minimum atomic E-state index is -0.390. The average molecular weight is 250 g/mol. The van der Waals surface area contributed by atoms with Crippen LogP contribution in [0.4, 0.5) is 21.9 Å². The highest BCUT2D eigenvalue weighted by Gasteiger charge is 2.24. The van der Waals surface area contributed by atoms with Gasteiger partial charge >= 0.3 is 6.09 Å². The summed E-state index contributed by atoms with van der Waals surface area (Å²) >= 11 is 0. The average Bonchev–Trinajstić information content (AvgIpc) is 2.81. The number of ether oxygens (including phenoxy) is 1. The molecule has 6 nitrogen and oxygen atoms in total. The molecule has 1 saturated heterocycles. The Morgan fingerprint density at radius 1 is 1.44 bits per heavy atom. The van der Waals surface area contributed by atoms with Crippen LogP contribution in [0, 0.1) is 0 Å². The Hall–Kier alpha value is -2.11. The molecular weight excluding hydrogens is 232 g/mol. The Kier molecular flexibility index (Phi) is 3.45. The van der Waals surface area contributed by atoms with Crippen LogP contribution in [-0.2, 0) is 4.74 Å². The highest BCUT2D eigenvalue weighted by molar-refractivity contribution is 5.70. The van der Waals surface area contributed by atoms with E-state index in [-0.39, 0.29) is 6.04 Å². The monoisotopic (exact) mass is 250 g/mol. The summed E-state index contributed by atoms with van der Waals surface area (Å²) in [5.74, 6) is 0. The lowest BCUT2D eigenvalue weighted by molar-refractivity contribution is 0.167. The van der Waals surface area contributed by atoms with Gasteiger partial charge in [-0.05, 0) is 24.6 Å². The van der Waals surface area contributed by atoms with Crippen LogP contribution in [0.5, 0.6) is 0 Å².